The second-order valence-corrected chi connectivity index (χ2v) is 2.48. The van der Waals surface area contributed by atoms with E-state index in [1.54, 1.807) is 0 Å². The molecule has 0 atom stereocenters. The standard InChI is InChI=1S/C8H17NO/c1-3-5-6-7-8(4-2)9-10/h10H,3-7H2,1-2H3. The summed E-state index contributed by atoms with van der Waals surface area (Å²) in [5, 5.41) is 11.6. The third-order valence-corrected chi connectivity index (χ3v) is 1.62. The minimum absolute atomic E-state index is 0.875. The molecule has 0 amide bonds. The monoisotopic (exact) mass is 143 g/mol. The summed E-state index contributed by atoms with van der Waals surface area (Å²) in [6.07, 6.45) is 5.45. The smallest absolute Gasteiger partial charge is 0.0568 e. The van der Waals surface area contributed by atoms with Crippen LogP contribution in [0.15, 0.2) is 5.16 Å². The molecule has 0 spiro atoms. The van der Waals surface area contributed by atoms with Crippen molar-refractivity contribution < 1.29 is 5.21 Å². The molecule has 1 N–H and O–H groups in total. The molecule has 2 heteroatoms. The maximum atomic E-state index is 8.41. The molecule has 60 valence electrons. The zero-order chi connectivity index (χ0) is 7.82. The van der Waals surface area contributed by atoms with Crippen LogP contribution in [0.5, 0.6) is 0 Å². The topological polar surface area (TPSA) is 32.6 Å². The van der Waals surface area contributed by atoms with Gasteiger partial charge in [-0.3, -0.25) is 0 Å². The van der Waals surface area contributed by atoms with Crippen molar-refractivity contribution in [1.82, 2.24) is 0 Å². The van der Waals surface area contributed by atoms with Crippen molar-refractivity contribution >= 4 is 5.71 Å². The summed E-state index contributed by atoms with van der Waals surface area (Å²) in [5.74, 6) is 0. The van der Waals surface area contributed by atoms with Gasteiger partial charge in [0.25, 0.3) is 0 Å². The molecule has 0 aromatic heterocycles. The highest BCUT2D eigenvalue weighted by atomic mass is 16.4. The largest absolute Gasteiger partial charge is 0.411 e. The minimum atomic E-state index is 0.875. The van der Waals surface area contributed by atoms with Crippen molar-refractivity contribution in [3.8, 4) is 0 Å². The SMILES string of the molecule is CCCCCC(CC)=NO. The molecule has 0 aromatic carbocycles. The number of nitrogens with zero attached hydrogens (tertiary/aromatic N) is 1. The van der Waals surface area contributed by atoms with Gasteiger partial charge in [-0.2, -0.15) is 0 Å². The maximum Gasteiger partial charge on any atom is 0.0568 e. The lowest BCUT2D eigenvalue weighted by Crippen LogP contribution is -1.95. The molecule has 0 aliphatic carbocycles. The van der Waals surface area contributed by atoms with Crippen LogP contribution >= 0.6 is 0 Å². The van der Waals surface area contributed by atoms with Gasteiger partial charge >= 0.3 is 0 Å². The van der Waals surface area contributed by atoms with E-state index in [2.05, 4.69) is 12.1 Å². The Labute approximate surface area is 62.9 Å². The zero-order valence-corrected chi connectivity index (χ0v) is 6.93. The minimum Gasteiger partial charge on any atom is -0.411 e. The third-order valence-electron chi connectivity index (χ3n) is 1.62. The molecule has 0 aromatic rings. The molecule has 0 aliphatic heterocycles. The molecular formula is C8H17NO. The molecule has 0 rings (SSSR count). The molecule has 0 unspecified atom stereocenters. The summed E-state index contributed by atoms with van der Waals surface area (Å²) in [7, 11) is 0. The first-order valence-corrected chi connectivity index (χ1v) is 4.04. The molecule has 0 saturated heterocycles. The highest BCUT2D eigenvalue weighted by molar-refractivity contribution is 5.83. The first-order valence-electron chi connectivity index (χ1n) is 4.04. The van der Waals surface area contributed by atoms with E-state index >= 15 is 0 Å². The van der Waals surface area contributed by atoms with Crippen LogP contribution in [-0.4, -0.2) is 10.9 Å². The van der Waals surface area contributed by atoms with Crippen LogP contribution < -0.4 is 0 Å². The van der Waals surface area contributed by atoms with Crippen molar-refractivity contribution in [2.75, 3.05) is 0 Å². The van der Waals surface area contributed by atoms with Crippen LogP contribution in [0.1, 0.15) is 46.0 Å². The molecule has 0 saturated carbocycles. The van der Waals surface area contributed by atoms with Gasteiger partial charge in [0, 0.05) is 0 Å². The normalized spacial score (nSPS) is 12.0. The van der Waals surface area contributed by atoms with E-state index < -0.39 is 0 Å². The van der Waals surface area contributed by atoms with E-state index in [4.69, 9.17) is 5.21 Å². The Morgan fingerprint density at radius 3 is 2.40 bits per heavy atom. The number of unbranched alkanes of at least 4 members (excludes halogenated alkanes) is 2. The molecule has 10 heavy (non-hydrogen) atoms. The van der Waals surface area contributed by atoms with Gasteiger partial charge in [-0.15, -0.1) is 0 Å². The van der Waals surface area contributed by atoms with E-state index in [0.717, 1.165) is 25.0 Å². The molecule has 0 heterocycles. The first kappa shape index (κ1) is 9.47. The van der Waals surface area contributed by atoms with E-state index in [1.807, 2.05) is 6.92 Å². The van der Waals surface area contributed by atoms with Crippen LogP contribution in [0.2, 0.25) is 0 Å². The lowest BCUT2D eigenvalue weighted by molar-refractivity contribution is 0.316. The summed E-state index contributed by atoms with van der Waals surface area (Å²) in [6.45, 7) is 4.18. The first-order chi connectivity index (χ1) is 4.85. The van der Waals surface area contributed by atoms with E-state index in [9.17, 15) is 0 Å². The van der Waals surface area contributed by atoms with Gasteiger partial charge in [-0.1, -0.05) is 31.8 Å². The lowest BCUT2D eigenvalue weighted by atomic mass is 10.1. The van der Waals surface area contributed by atoms with Crippen molar-refractivity contribution in [2.45, 2.75) is 46.0 Å². The summed E-state index contributed by atoms with van der Waals surface area (Å²) >= 11 is 0. The Kier molecular flexibility index (Phi) is 6.24. The average molecular weight is 143 g/mol. The Bertz CT molecular complexity index is 99.4. The second-order valence-electron chi connectivity index (χ2n) is 2.48. The van der Waals surface area contributed by atoms with Crippen LogP contribution in [0, 0.1) is 0 Å². The van der Waals surface area contributed by atoms with E-state index in [0.29, 0.717) is 0 Å². The van der Waals surface area contributed by atoms with Crippen molar-refractivity contribution in [3.05, 3.63) is 0 Å². The summed E-state index contributed by atoms with van der Waals surface area (Å²) in [5.41, 5.74) is 0.924. The second kappa shape index (κ2) is 6.59. The number of rotatable bonds is 5. The Balaban J connectivity index is 3.27. The molecule has 0 bridgehead atoms. The molecule has 0 fully saturated rings. The van der Waals surface area contributed by atoms with Crippen LogP contribution in [0.4, 0.5) is 0 Å². The van der Waals surface area contributed by atoms with Crippen LogP contribution in [-0.2, 0) is 0 Å². The van der Waals surface area contributed by atoms with Gasteiger partial charge in [0.2, 0.25) is 0 Å². The quantitative estimate of drug-likeness (QED) is 0.273. The van der Waals surface area contributed by atoms with Crippen LogP contribution in [0.25, 0.3) is 0 Å². The molecule has 0 aliphatic rings. The Hall–Kier alpha value is -0.530. The fourth-order valence-corrected chi connectivity index (χ4v) is 0.877. The number of hydrogen-bond acceptors (Lipinski definition) is 2. The summed E-state index contributed by atoms with van der Waals surface area (Å²) in [6, 6.07) is 0. The number of oxime groups is 1. The van der Waals surface area contributed by atoms with Crippen molar-refractivity contribution in [3.63, 3.8) is 0 Å². The van der Waals surface area contributed by atoms with Gasteiger partial charge in [-0.25, -0.2) is 0 Å². The highest BCUT2D eigenvalue weighted by Gasteiger charge is 1.94. The van der Waals surface area contributed by atoms with Crippen LogP contribution in [0.3, 0.4) is 0 Å². The predicted molar refractivity (Wildman–Crippen MR) is 43.7 cm³/mol. The summed E-state index contributed by atoms with van der Waals surface area (Å²) in [4.78, 5) is 0. The van der Waals surface area contributed by atoms with Crippen molar-refractivity contribution in [1.29, 1.82) is 0 Å². The molecule has 0 radical (unpaired) electrons. The lowest BCUT2D eigenvalue weighted by Gasteiger charge is -1.98. The fraction of sp³-hybridized carbons (Fsp3) is 0.875. The van der Waals surface area contributed by atoms with Gasteiger partial charge in [-0.05, 0) is 19.3 Å². The fourth-order valence-electron chi connectivity index (χ4n) is 0.877. The predicted octanol–water partition coefficient (Wildman–Crippen LogP) is 2.81. The summed E-state index contributed by atoms with van der Waals surface area (Å²) < 4.78 is 0. The van der Waals surface area contributed by atoms with Crippen molar-refractivity contribution in [2.24, 2.45) is 5.16 Å². The zero-order valence-electron chi connectivity index (χ0n) is 6.93. The Morgan fingerprint density at radius 2 is 2.00 bits per heavy atom. The molecule has 2 nitrogen and oxygen atoms in total. The number of hydrogen-bond donors (Lipinski definition) is 1. The van der Waals surface area contributed by atoms with Gasteiger partial charge in [0.15, 0.2) is 0 Å². The molecular weight excluding hydrogens is 126 g/mol. The average Bonchev–Trinajstić information content (AvgIpc) is 1.99. The van der Waals surface area contributed by atoms with E-state index in [1.165, 1.54) is 12.8 Å². The third kappa shape index (κ3) is 4.36. The van der Waals surface area contributed by atoms with Gasteiger partial charge < -0.3 is 5.21 Å². The van der Waals surface area contributed by atoms with Gasteiger partial charge in [0.1, 0.15) is 0 Å². The maximum absolute atomic E-state index is 8.41. The Morgan fingerprint density at radius 1 is 1.30 bits per heavy atom. The highest BCUT2D eigenvalue weighted by Crippen LogP contribution is 2.02. The van der Waals surface area contributed by atoms with E-state index in [-0.39, 0.29) is 0 Å². The van der Waals surface area contributed by atoms with Gasteiger partial charge in [0.05, 0.1) is 5.71 Å².